The van der Waals surface area contributed by atoms with Crippen LogP contribution in [0.5, 0.6) is 5.75 Å². The summed E-state index contributed by atoms with van der Waals surface area (Å²) in [4.78, 5) is 8.13. The second kappa shape index (κ2) is 10.1. The number of aromatic nitrogens is 2. The fourth-order valence-electron chi connectivity index (χ4n) is 3.49. The van der Waals surface area contributed by atoms with Gasteiger partial charge in [0.1, 0.15) is 23.1 Å². The van der Waals surface area contributed by atoms with E-state index in [0.29, 0.717) is 16.9 Å². The van der Waals surface area contributed by atoms with Crippen LogP contribution in [0.3, 0.4) is 0 Å². The topological polar surface area (TPSA) is 83.2 Å². The molecule has 1 heterocycles. The number of nitrogens with zero attached hydrogens (tertiary/aromatic N) is 3. The van der Waals surface area contributed by atoms with Crippen molar-refractivity contribution in [1.82, 2.24) is 9.97 Å². The molecule has 0 saturated heterocycles. The van der Waals surface area contributed by atoms with Gasteiger partial charge in [-0.2, -0.15) is 0 Å². The fourth-order valence-corrected chi connectivity index (χ4v) is 4.96. The highest BCUT2D eigenvalue weighted by Gasteiger charge is 2.15. The Kier molecular flexibility index (Phi) is 7.02. The molecule has 0 bridgehead atoms. The molecule has 0 spiro atoms. The van der Waals surface area contributed by atoms with Crippen LogP contribution < -0.4 is 10.1 Å². The predicted octanol–water partition coefficient (Wildman–Crippen LogP) is 6.87. The maximum Gasteiger partial charge on any atom is 0.227 e. The van der Waals surface area contributed by atoms with Crippen molar-refractivity contribution in [2.24, 2.45) is 4.36 Å². The van der Waals surface area contributed by atoms with Gasteiger partial charge < -0.3 is 10.1 Å². The molecule has 0 amide bonds. The third kappa shape index (κ3) is 6.15. The Labute approximate surface area is 201 Å². The van der Waals surface area contributed by atoms with Crippen LogP contribution >= 0.6 is 0 Å². The number of hydrogen-bond acceptors (Lipinski definition) is 6. The van der Waals surface area contributed by atoms with Crippen LogP contribution in [0.2, 0.25) is 0 Å². The van der Waals surface area contributed by atoms with Crippen LogP contribution in [0.15, 0.2) is 77.3 Å². The van der Waals surface area contributed by atoms with Gasteiger partial charge in [-0.15, -0.1) is 0 Å². The van der Waals surface area contributed by atoms with Crippen LogP contribution in [-0.4, -0.2) is 23.3 Å². The molecule has 1 aromatic heterocycles. The number of rotatable bonds is 7. The Morgan fingerprint density at radius 3 is 2.51 bits per heavy atom. The highest BCUT2D eigenvalue weighted by molar-refractivity contribution is 7.93. The van der Waals surface area contributed by atoms with Crippen molar-refractivity contribution in [2.45, 2.75) is 5.75 Å². The maximum absolute atomic E-state index is 14.5. The summed E-state index contributed by atoms with van der Waals surface area (Å²) in [6.07, 6.45) is 2.70. The lowest BCUT2D eigenvalue weighted by atomic mass is 10.1. The number of ether oxygens (including phenoxy) is 1. The highest BCUT2D eigenvalue weighted by atomic mass is 32.2. The predicted molar refractivity (Wildman–Crippen MR) is 132 cm³/mol. The van der Waals surface area contributed by atoms with Gasteiger partial charge in [0.2, 0.25) is 5.95 Å². The van der Waals surface area contributed by atoms with Gasteiger partial charge in [0, 0.05) is 29.3 Å². The van der Waals surface area contributed by atoms with Gasteiger partial charge in [0.15, 0.2) is 5.82 Å². The Hall–Kier alpha value is -3.92. The molecular weight excluding hydrogens is 475 g/mol. The van der Waals surface area contributed by atoms with Gasteiger partial charge in [-0.1, -0.05) is 27.8 Å². The van der Waals surface area contributed by atoms with Crippen LogP contribution in [0, 0.1) is 22.2 Å². The molecule has 0 aliphatic rings. The number of anilines is 2. The second-order valence-electron chi connectivity index (χ2n) is 7.82. The van der Waals surface area contributed by atoms with Crippen LogP contribution in [0.4, 0.5) is 30.5 Å². The largest absolute Gasteiger partial charge is 0.496 e. The number of hydrogen-bond donors (Lipinski definition) is 2. The van der Waals surface area contributed by atoms with Crippen molar-refractivity contribution >= 4 is 26.9 Å². The first-order valence-electron chi connectivity index (χ1n) is 10.4. The molecule has 4 aromatic rings. The molecule has 0 aliphatic heterocycles. The summed E-state index contributed by atoms with van der Waals surface area (Å²) < 4.78 is 60.8. The fraction of sp³-hybridized carbons (Fsp3) is 0.120. The average molecular weight is 498 g/mol. The van der Waals surface area contributed by atoms with Gasteiger partial charge in [0.25, 0.3) is 0 Å². The van der Waals surface area contributed by atoms with E-state index >= 15 is 0 Å². The first kappa shape index (κ1) is 24.2. The Morgan fingerprint density at radius 2 is 1.77 bits per heavy atom. The molecule has 35 heavy (non-hydrogen) atoms. The van der Waals surface area contributed by atoms with E-state index < -0.39 is 27.1 Å². The maximum atomic E-state index is 14.5. The molecule has 0 radical (unpaired) electrons. The zero-order valence-electron chi connectivity index (χ0n) is 18.9. The standard InChI is InChI=1S/C25H22F3N5OS/c1-34-23-13-17(26)8-9-21(23)24-22(28)14-30-25(32-24)31-20-11-16(10-18(27)12-20)15-35(2,29)33-19-6-4-3-5-7-19/h3-14,29H,15H2,1-2H3,(H,30,31,32). The van der Waals surface area contributed by atoms with Crippen molar-refractivity contribution in [3.63, 3.8) is 0 Å². The lowest BCUT2D eigenvalue weighted by Gasteiger charge is -2.13. The van der Waals surface area contributed by atoms with E-state index in [1.54, 1.807) is 12.3 Å². The van der Waals surface area contributed by atoms with Crippen molar-refractivity contribution in [3.05, 3.63) is 95.9 Å². The summed E-state index contributed by atoms with van der Waals surface area (Å²) >= 11 is 0. The molecule has 2 N–H and O–H groups in total. The average Bonchev–Trinajstić information content (AvgIpc) is 2.80. The van der Waals surface area contributed by atoms with E-state index in [2.05, 4.69) is 19.6 Å². The summed E-state index contributed by atoms with van der Waals surface area (Å²) in [6.45, 7) is 0. The number of halogens is 3. The van der Waals surface area contributed by atoms with Gasteiger partial charge >= 0.3 is 0 Å². The number of methoxy groups -OCH3 is 1. The number of benzene rings is 3. The lowest BCUT2D eigenvalue weighted by molar-refractivity contribution is 0.412. The Bertz CT molecular complexity index is 1490. The number of nitrogens with one attached hydrogen (secondary N) is 2. The molecule has 6 nitrogen and oxygen atoms in total. The molecule has 1 atom stereocenters. The third-order valence-electron chi connectivity index (χ3n) is 4.89. The molecule has 180 valence electrons. The first-order valence-corrected chi connectivity index (χ1v) is 12.6. The minimum atomic E-state index is -2.20. The normalized spacial score (nSPS) is 12.6. The van der Waals surface area contributed by atoms with E-state index in [9.17, 15) is 13.2 Å². The molecule has 1 unspecified atom stereocenters. The van der Waals surface area contributed by atoms with Crippen LogP contribution in [-0.2, 0) is 15.4 Å². The zero-order chi connectivity index (χ0) is 25.0. The molecule has 0 fully saturated rings. The summed E-state index contributed by atoms with van der Waals surface area (Å²) in [5.74, 6) is -1.41. The van der Waals surface area contributed by atoms with Gasteiger partial charge in [-0.05, 0) is 48.0 Å². The molecule has 4 rings (SSSR count). The van der Waals surface area contributed by atoms with Gasteiger partial charge in [0.05, 0.1) is 19.0 Å². The minimum Gasteiger partial charge on any atom is -0.496 e. The SMILES string of the molecule is COc1cc(F)ccc1-c1nc(Nc2cc(F)cc(CS(C)(=N)=Nc3ccccc3)c2)ncc1F. The molecular formula is C25H22F3N5OS. The third-order valence-corrected chi connectivity index (χ3v) is 6.40. The summed E-state index contributed by atoms with van der Waals surface area (Å²) in [6, 6.07) is 17.1. The van der Waals surface area contributed by atoms with E-state index in [0.717, 1.165) is 12.3 Å². The molecule has 3 aromatic carbocycles. The smallest absolute Gasteiger partial charge is 0.227 e. The van der Waals surface area contributed by atoms with Gasteiger partial charge in [-0.25, -0.2) is 27.5 Å². The molecule has 10 heteroatoms. The van der Waals surface area contributed by atoms with E-state index in [-0.39, 0.29) is 28.7 Å². The van der Waals surface area contributed by atoms with Crippen LogP contribution in [0.1, 0.15) is 5.56 Å². The summed E-state index contributed by atoms with van der Waals surface area (Å²) in [7, 11) is -0.854. The summed E-state index contributed by atoms with van der Waals surface area (Å²) in [5.41, 5.74) is 1.74. The first-order chi connectivity index (χ1) is 16.7. The van der Waals surface area contributed by atoms with Crippen LogP contribution in [0.25, 0.3) is 11.3 Å². The molecule has 0 saturated carbocycles. The van der Waals surface area contributed by atoms with Crippen molar-refractivity contribution in [1.29, 1.82) is 4.78 Å². The minimum absolute atomic E-state index is 0.0132. The molecule has 0 aliphatic carbocycles. The Morgan fingerprint density at radius 1 is 1.00 bits per heavy atom. The zero-order valence-corrected chi connectivity index (χ0v) is 19.7. The highest BCUT2D eigenvalue weighted by Crippen LogP contribution is 2.32. The second-order valence-corrected chi connectivity index (χ2v) is 10.4. The van der Waals surface area contributed by atoms with Crippen molar-refractivity contribution < 1.29 is 17.9 Å². The lowest BCUT2D eigenvalue weighted by Crippen LogP contribution is -2.04. The monoisotopic (exact) mass is 497 g/mol. The van der Waals surface area contributed by atoms with E-state index in [1.165, 1.54) is 31.4 Å². The van der Waals surface area contributed by atoms with Crippen molar-refractivity contribution in [3.8, 4) is 17.0 Å². The van der Waals surface area contributed by atoms with Gasteiger partial charge in [-0.3, -0.25) is 4.78 Å². The Balaban J connectivity index is 1.63. The van der Waals surface area contributed by atoms with Crippen molar-refractivity contribution in [2.75, 3.05) is 18.7 Å². The summed E-state index contributed by atoms with van der Waals surface area (Å²) in [5, 5.41) is 2.88. The van der Waals surface area contributed by atoms with E-state index in [4.69, 9.17) is 9.52 Å². The van der Waals surface area contributed by atoms with E-state index in [1.807, 2.05) is 30.3 Å². The quantitative estimate of drug-likeness (QED) is 0.292.